The van der Waals surface area contributed by atoms with E-state index in [2.05, 4.69) is 4.90 Å². The van der Waals surface area contributed by atoms with E-state index in [0.717, 1.165) is 25.1 Å². The normalized spacial score (nSPS) is 20.8. The topological polar surface area (TPSA) is 40.5 Å². The minimum atomic E-state index is -0.711. The Kier molecular flexibility index (Phi) is 3.34. The Labute approximate surface area is 99.6 Å². The average molecular weight is 240 g/mol. The lowest BCUT2D eigenvalue weighted by atomic mass is 9.98. The Morgan fingerprint density at radius 3 is 2.88 bits per heavy atom. The Bertz CT molecular complexity index is 394. The molecule has 16 heavy (non-hydrogen) atoms. The summed E-state index contributed by atoms with van der Waals surface area (Å²) in [6.45, 7) is 1.44. The molecule has 86 valence electrons. The molecule has 1 fully saturated rings. The number of hydrogen-bond donors (Lipinski definition) is 1. The summed E-state index contributed by atoms with van der Waals surface area (Å²) >= 11 is 6.10. The monoisotopic (exact) mass is 239 g/mol. The third-order valence-corrected chi connectivity index (χ3v) is 3.28. The van der Waals surface area contributed by atoms with Crippen LogP contribution in [0.3, 0.4) is 0 Å². The van der Waals surface area contributed by atoms with E-state index < -0.39 is 5.97 Å². The number of halogens is 1. The van der Waals surface area contributed by atoms with Crippen LogP contribution < -0.4 is 4.90 Å². The number of benzene rings is 1. The van der Waals surface area contributed by atoms with Gasteiger partial charge in [0.05, 0.1) is 16.6 Å². The maximum absolute atomic E-state index is 11.0. The summed E-state index contributed by atoms with van der Waals surface area (Å²) in [5.74, 6) is -0.984. The van der Waals surface area contributed by atoms with Crippen molar-refractivity contribution in [3.05, 3.63) is 29.3 Å². The lowest BCUT2D eigenvalue weighted by Crippen LogP contribution is -2.38. The lowest BCUT2D eigenvalue weighted by molar-refractivity contribution is -0.141. The molecule has 3 nitrogen and oxygen atoms in total. The molecule has 0 saturated carbocycles. The Hall–Kier alpha value is -1.22. The number of para-hydroxylation sites is 1. The fraction of sp³-hybridized carbons (Fsp3) is 0.417. The van der Waals surface area contributed by atoms with E-state index in [0.29, 0.717) is 11.6 Å². The fourth-order valence-electron chi connectivity index (χ4n) is 2.11. The van der Waals surface area contributed by atoms with Gasteiger partial charge in [-0.05, 0) is 25.0 Å². The number of rotatable bonds is 2. The van der Waals surface area contributed by atoms with Crippen molar-refractivity contribution >= 4 is 23.3 Å². The summed E-state index contributed by atoms with van der Waals surface area (Å²) in [4.78, 5) is 13.0. The van der Waals surface area contributed by atoms with Gasteiger partial charge >= 0.3 is 5.97 Å². The summed E-state index contributed by atoms with van der Waals surface area (Å²) in [5.41, 5.74) is 0.940. The predicted octanol–water partition coefficient (Wildman–Crippen LogP) is 2.64. The van der Waals surface area contributed by atoms with Crippen LogP contribution in [0.2, 0.25) is 5.02 Å². The fourth-order valence-corrected chi connectivity index (χ4v) is 2.36. The van der Waals surface area contributed by atoms with Crippen LogP contribution in [-0.2, 0) is 4.79 Å². The van der Waals surface area contributed by atoms with Gasteiger partial charge in [-0.2, -0.15) is 0 Å². The average Bonchev–Trinajstić information content (AvgIpc) is 2.30. The minimum Gasteiger partial charge on any atom is -0.481 e. The molecule has 0 spiro atoms. The van der Waals surface area contributed by atoms with Gasteiger partial charge in [0.1, 0.15) is 0 Å². The Morgan fingerprint density at radius 2 is 2.19 bits per heavy atom. The number of carbonyl (C=O) groups is 1. The molecule has 1 heterocycles. The van der Waals surface area contributed by atoms with Crippen LogP contribution in [0.1, 0.15) is 12.8 Å². The number of hydrogen-bond acceptors (Lipinski definition) is 2. The smallest absolute Gasteiger partial charge is 0.308 e. The first-order valence-electron chi connectivity index (χ1n) is 5.41. The first-order chi connectivity index (χ1) is 7.68. The molecule has 2 rings (SSSR count). The first kappa shape index (κ1) is 11.3. The van der Waals surface area contributed by atoms with Crippen molar-refractivity contribution in [3.63, 3.8) is 0 Å². The summed E-state index contributed by atoms with van der Waals surface area (Å²) in [7, 11) is 0. The molecule has 1 aliphatic rings. The number of piperidine rings is 1. The molecule has 1 atom stereocenters. The zero-order chi connectivity index (χ0) is 11.5. The summed E-state index contributed by atoms with van der Waals surface area (Å²) in [6.07, 6.45) is 1.67. The predicted molar refractivity (Wildman–Crippen MR) is 64.0 cm³/mol. The molecule has 0 unspecified atom stereocenters. The summed E-state index contributed by atoms with van der Waals surface area (Å²) in [6, 6.07) is 7.57. The van der Waals surface area contributed by atoms with Crippen LogP contribution in [0.25, 0.3) is 0 Å². The van der Waals surface area contributed by atoms with Crippen LogP contribution in [0.4, 0.5) is 5.69 Å². The SMILES string of the molecule is O=C(O)[C@@H]1CCCN(c2ccccc2Cl)C1. The van der Waals surface area contributed by atoms with Crippen LogP contribution in [0.5, 0.6) is 0 Å². The second kappa shape index (κ2) is 4.74. The van der Waals surface area contributed by atoms with Crippen LogP contribution in [0.15, 0.2) is 24.3 Å². The van der Waals surface area contributed by atoms with Gasteiger partial charge < -0.3 is 10.0 Å². The minimum absolute atomic E-state index is 0.273. The summed E-state index contributed by atoms with van der Waals surface area (Å²) < 4.78 is 0. The van der Waals surface area contributed by atoms with Crippen LogP contribution >= 0.6 is 11.6 Å². The van der Waals surface area contributed by atoms with Crippen molar-refractivity contribution in [1.29, 1.82) is 0 Å². The molecule has 0 amide bonds. The Balaban J connectivity index is 2.16. The molecule has 0 aromatic heterocycles. The number of nitrogens with zero attached hydrogens (tertiary/aromatic N) is 1. The second-order valence-electron chi connectivity index (χ2n) is 4.07. The largest absolute Gasteiger partial charge is 0.481 e. The standard InChI is InChI=1S/C12H14ClNO2/c13-10-5-1-2-6-11(10)14-7-3-4-9(8-14)12(15)16/h1-2,5-6,9H,3-4,7-8H2,(H,15,16)/t9-/m1/s1. The van der Waals surface area contributed by atoms with E-state index in [1.54, 1.807) is 0 Å². The number of anilines is 1. The zero-order valence-corrected chi connectivity index (χ0v) is 9.65. The molecule has 0 aliphatic carbocycles. The zero-order valence-electron chi connectivity index (χ0n) is 8.90. The van der Waals surface area contributed by atoms with Gasteiger partial charge in [0, 0.05) is 13.1 Å². The second-order valence-corrected chi connectivity index (χ2v) is 4.48. The van der Waals surface area contributed by atoms with Crippen molar-refractivity contribution in [2.45, 2.75) is 12.8 Å². The van der Waals surface area contributed by atoms with E-state index in [9.17, 15) is 4.79 Å². The van der Waals surface area contributed by atoms with Crippen LogP contribution in [0, 0.1) is 5.92 Å². The van der Waals surface area contributed by atoms with Gasteiger partial charge in [-0.15, -0.1) is 0 Å². The molecular weight excluding hydrogens is 226 g/mol. The van der Waals surface area contributed by atoms with Gasteiger partial charge in [0.25, 0.3) is 0 Å². The highest BCUT2D eigenvalue weighted by molar-refractivity contribution is 6.33. The highest BCUT2D eigenvalue weighted by Gasteiger charge is 2.26. The van der Waals surface area contributed by atoms with Crippen molar-refractivity contribution in [1.82, 2.24) is 0 Å². The van der Waals surface area contributed by atoms with E-state index in [4.69, 9.17) is 16.7 Å². The number of carboxylic acids is 1. The maximum atomic E-state index is 11.0. The van der Waals surface area contributed by atoms with E-state index in [1.807, 2.05) is 24.3 Å². The number of aliphatic carboxylic acids is 1. The quantitative estimate of drug-likeness (QED) is 0.863. The van der Waals surface area contributed by atoms with Crippen LogP contribution in [-0.4, -0.2) is 24.2 Å². The van der Waals surface area contributed by atoms with Crippen molar-refractivity contribution in [2.75, 3.05) is 18.0 Å². The van der Waals surface area contributed by atoms with Crippen molar-refractivity contribution < 1.29 is 9.90 Å². The molecule has 0 radical (unpaired) electrons. The maximum Gasteiger partial charge on any atom is 0.308 e. The van der Waals surface area contributed by atoms with Gasteiger partial charge in [-0.25, -0.2) is 0 Å². The number of carboxylic acid groups (broad SMARTS) is 1. The lowest BCUT2D eigenvalue weighted by Gasteiger charge is -2.33. The molecule has 1 aromatic rings. The highest BCUT2D eigenvalue weighted by Crippen LogP contribution is 2.29. The molecule has 1 N–H and O–H groups in total. The Morgan fingerprint density at radius 1 is 1.44 bits per heavy atom. The van der Waals surface area contributed by atoms with E-state index in [1.165, 1.54) is 0 Å². The molecule has 1 saturated heterocycles. The third-order valence-electron chi connectivity index (χ3n) is 2.96. The van der Waals surface area contributed by atoms with E-state index in [-0.39, 0.29) is 5.92 Å². The molecular formula is C12H14ClNO2. The van der Waals surface area contributed by atoms with E-state index >= 15 is 0 Å². The third kappa shape index (κ3) is 2.30. The highest BCUT2D eigenvalue weighted by atomic mass is 35.5. The first-order valence-corrected chi connectivity index (χ1v) is 5.78. The molecule has 4 heteroatoms. The van der Waals surface area contributed by atoms with Crippen molar-refractivity contribution in [2.24, 2.45) is 5.92 Å². The molecule has 1 aliphatic heterocycles. The summed E-state index contributed by atoms with van der Waals surface area (Å²) in [5, 5.41) is 9.70. The molecule has 1 aromatic carbocycles. The van der Waals surface area contributed by atoms with Crippen molar-refractivity contribution in [3.8, 4) is 0 Å². The van der Waals surface area contributed by atoms with Gasteiger partial charge in [0.2, 0.25) is 0 Å². The van der Waals surface area contributed by atoms with Gasteiger partial charge in [0.15, 0.2) is 0 Å². The molecule has 0 bridgehead atoms. The van der Waals surface area contributed by atoms with Gasteiger partial charge in [-0.1, -0.05) is 23.7 Å². The van der Waals surface area contributed by atoms with Gasteiger partial charge in [-0.3, -0.25) is 4.79 Å².